The molecule has 0 bridgehead atoms. The third kappa shape index (κ3) is 4.14. The number of hydrogen-bond acceptors (Lipinski definition) is 4. The van der Waals surface area contributed by atoms with Crippen LogP contribution in [0, 0.1) is 24.4 Å². The maximum atomic E-state index is 13.6. The average molecular weight is 367 g/mol. The van der Waals surface area contributed by atoms with E-state index in [9.17, 15) is 22.8 Å². The van der Waals surface area contributed by atoms with Crippen molar-refractivity contribution >= 4 is 17.6 Å². The third-order valence-electron chi connectivity index (χ3n) is 3.59. The van der Waals surface area contributed by atoms with E-state index in [1.807, 2.05) is 5.32 Å². The molecule has 2 aromatic carbocycles. The van der Waals surface area contributed by atoms with Crippen molar-refractivity contribution < 1.29 is 32.2 Å². The Balaban J connectivity index is 2.07. The largest absolute Gasteiger partial charge is 0.496 e. The molecule has 8 heteroatoms. The number of benzene rings is 2. The first kappa shape index (κ1) is 19.3. The fourth-order valence-electron chi connectivity index (χ4n) is 2.09. The lowest BCUT2D eigenvalue weighted by molar-refractivity contribution is -0.123. The van der Waals surface area contributed by atoms with Crippen LogP contribution in [-0.2, 0) is 9.53 Å². The van der Waals surface area contributed by atoms with Crippen molar-refractivity contribution in [2.75, 3.05) is 12.4 Å². The Morgan fingerprint density at radius 1 is 1.08 bits per heavy atom. The van der Waals surface area contributed by atoms with Gasteiger partial charge in [0.05, 0.1) is 18.4 Å². The quantitative estimate of drug-likeness (QED) is 0.648. The van der Waals surface area contributed by atoms with E-state index in [1.54, 1.807) is 13.0 Å². The van der Waals surface area contributed by atoms with Crippen LogP contribution in [0.2, 0.25) is 0 Å². The molecule has 138 valence electrons. The van der Waals surface area contributed by atoms with Crippen LogP contribution >= 0.6 is 0 Å². The van der Waals surface area contributed by atoms with E-state index in [0.717, 1.165) is 11.6 Å². The second-order valence-electron chi connectivity index (χ2n) is 5.44. The Morgan fingerprint density at radius 2 is 1.77 bits per heavy atom. The van der Waals surface area contributed by atoms with Gasteiger partial charge in [0.1, 0.15) is 5.75 Å². The van der Waals surface area contributed by atoms with Crippen molar-refractivity contribution in [2.45, 2.75) is 20.0 Å². The predicted octanol–water partition coefficient (Wildman–Crippen LogP) is 3.60. The molecule has 0 aliphatic carbocycles. The van der Waals surface area contributed by atoms with Crippen LogP contribution in [0.15, 0.2) is 30.3 Å². The zero-order valence-corrected chi connectivity index (χ0v) is 14.2. The molecule has 0 saturated heterocycles. The molecule has 1 amide bonds. The van der Waals surface area contributed by atoms with Crippen LogP contribution in [0.3, 0.4) is 0 Å². The number of halogens is 3. The van der Waals surface area contributed by atoms with E-state index >= 15 is 0 Å². The van der Waals surface area contributed by atoms with Gasteiger partial charge in [0, 0.05) is 0 Å². The van der Waals surface area contributed by atoms with Crippen LogP contribution in [-0.4, -0.2) is 25.1 Å². The molecule has 0 radical (unpaired) electrons. The van der Waals surface area contributed by atoms with Gasteiger partial charge in [-0.25, -0.2) is 18.0 Å². The Bertz CT molecular complexity index is 855. The van der Waals surface area contributed by atoms with E-state index < -0.39 is 41.1 Å². The number of carbonyl (C=O) groups excluding carboxylic acids is 2. The lowest BCUT2D eigenvalue weighted by Gasteiger charge is -2.15. The highest BCUT2D eigenvalue weighted by Crippen LogP contribution is 2.21. The molecule has 5 nitrogen and oxygen atoms in total. The average Bonchev–Trinajstić information content (AvgIpc) is 2.62. The lowest BCUT2D eigenvalue weighted by atomic mass is 10.1. The number of carbonyl (C=O) groups is 2. The summed E-state index contributed by atoms with van der Waals surface area (Å²) in [7, 11) is 1.45. The van der Waals surface area contributed by atoms with E-state index in [0.29, 0.717) is 11.8 Å². The fourth-order valence-corrected chi connectivity index (χ4v) is 2.09. The molecule has 0 aliphatic heterocycles. The minimum absolute atomic E-state index is 0.158. The Morgan fingerprint density at radius 3 is 2.42 bits per heavy atom. The molecule has 2 rings (SSSR count). The maximum Gasteiger partial charge on any atom is 0.339 e. The second-order valence-corrected chi connectivity index (χ2v) is 5.44. The molecule has 0 saturated carbocycles. The number of rotatable bonds is 5. The molecular weight excluding hydrogens is 351 g/mol. The van der Waals surface area contributed by atoms with Gasteiger partial charge in [-0.2, -0.15) is 0 Å². The molecule has 1 N–H and O–H groups in total. The SMILES string of the molecule is COc1cc(C(=O)O[C@H](C)C(=O)Nc2ccc(F)c(F)c2F)ccc1C. The molecule has 1 atom stereocenters. The van der Waals surface area contributed by atoms with Gasteiger partial charge in [-0.1, -0.05) is 6.07 Å². The number of ether oxygens (including phenoxy) is 2. The van der Waals surface area contributed by atoms with Gasteiger partial charge < -0.3 is 14.8 Å². The van der Waals surface area contributed by atoms with Gasteiger partial charge in [0.25, 0.3) is 5.91 Å². The molecule has 0 fully saturated rings. The Hall–Kier alpha value is -3.03. The molecule has 0 unspecified atom stereocenters. The van der Waals surface area contributed by atoms with E-state index in [-0.39, 0.29) is 5.56 Å². The van der Waals surface area contributed by atoms with E-state index in [1.165, 1.54) is 26.2 Å². The molecule has 0 spiro atoms. The van der Waals surface area contributed by atoms with Crippen molar-refractivity contribution in [3.05, 3.63) is 58.9 Å². The maximum absolute atomic E-state index is 13.6. The molecule has 2 aromatic rings. The van der Waals surface area contributed by atoms with Crippen LogP contribution in [0.4, 0.5) is 18.9 Å². The summed E-state index contributed by atoms with van der Waals surface area (Å²) in [5.74, 6) is -5.85. The van der Waals surface area contributed by atoms with Crippen molar-refractivity contribution in [3.8, 4) is 5.75 Å². The van der Waals surface area contributed by atoms with Crippen LogP contribution < -0.4 is 10.1 Å². The van der Waals surface area contributed by atoms with Crippen LogP contribution in [0.5, 0.6) is 5.75 Å². The predicted molar refractivity (Wildman–Crippen MR) is 87.6 cm³/mol. The highest BCUT2D eigenvalue weighted by atomic mass is 19.2. The zero-order valence-electron chi connectivity index (χ0n) is 14.2. The standard InChI is InChI=1S/C18H16F3NO4/c1-9-4-5-11(8-14(9)25-3)18(24)26-10(2)17(23)22-13-7-6-12(19)15(20)16(13)21/h4-8,10H,1-3H3,(H,22,23)/t10-/m1/s1. The van der Waals surface area contributed by atoms with Crippen molar-refractivity contribution in [2.24, 2.45) is 0 Å². The molecule has 0 heterocycles. The number of hydrogen-bond donors (Lipinski definition) is 1. The van der Waals surface area contributed by atoms with Gasteiger partial charge in [0.2, 0.25) is 0 Å². The first-order chi connectivity index (χ1) is 12.2. The first-order valence-electron chi connectivity index (χ1n) is 7.54. The summed E-state index contributed by atoms with van der Waals surface area (Å²) in [4.78, 5) is 24.1. The summed E-state index contributed by atoms with van der Waals surface area (Å²) in [6.07, 6.45) is -1.30. The Labute approximate surface area is 147 Å². The third-order valence-corrected chi connectivity index (χ3v) is 3.59. The van der Waals surface area contributed by atoms with Gasteiger partial charge >= 0.3 is 5.97 Å². The summed E-state index contributed by atoms with van der Waals surface area (Å²) in [5, 5.41) is 2.04. The minimum atomic E-state index is -1.71. The lowest BCUT2D eigenvalue weighted by Crippen LogP contribution is -2.30. The monoisotopic (exact) mass is 367 g/mol. The smallest absolute Gasteiger partial charge is 0.339 e. The van der Waals surface area contributed by atoms with Gasteiger partial charge in [-0.15, -0.1) is 0 Å². The number of anilines is 1. The number of nitrogens with one attached hydrogen (secondary N) is 1. The second kappa shape index (κ2) is 7.90. The number of methoxy groups -OCH3 is 1. The van der Waals surface area contributed by atoms with Gasteiger partial charge in [-0.3, -0.25) is 4.79 Å². The highest BCUT2D eigenvalue weighted by Gasteiger charge is 2.22. The normalized spacial score (nSPS) is 11.6. The van der Waals surface area contributed by atoms with Gasteiger partial charge in [0.15, 0.2) is 23.6 Å². The Kier molecular flexibility index (Phi) is 5.86. The minimum Gasteiger partial charge on any atom is -0.496 e. The topological polar surface area (TPSA) is 64.6 Å². The van der Waals surface area contributed by atoms with Crippen molar-refractivity contribution in [3.63, 3.8) is 0 Å². The molecule has 0 aromatic heterocycles. The number of aryl methyl sites for hydroxylation is 1. The van der Waals surface area contributed by atoms with Crippen LogP contribution in [0.25, 0.3) is 0 Å². The summed E-state index contributed by atoms with van der Waals surface area (Å²) >= 11 is 0. The fraction of sp³-hybridized carbons (Fsp3) is 0.222. The highest BCUT2D eigenvalue weighted by molar-refractivity contribution is 5.97. The molecular formula is C18H16F3NO4. The number of amides is 1. The van der Waals surface area contributed by atoms with Crippen LogP contribution in [0.1, 0.15) is 22.8 Å². The van der Waals surface area contributed by atoms with Gasteiger partial charge in [-0.05, 0) is 43.7 Å². The van der Waals surface area contributed by atoms with Crippen molar-refractivity contribution in [1.29, 1.82) is 0 Å². The summed E-state index contributed by atoms with van der Waals surface area (Å²) in [5.41, 5.74) is 0.406. The van der Waals surface area contributed by atoms with E-state index in [4.69, 9.17) is 9.47 Å². The first-order valence-corrected chi connectivity index (χ1v) is 7.54. The van der Waals surface area contributed by atoms with E-state index in [2.05, 4.69) is 0 Å². The summed E-state index contributed by atoms with van der Waals surface area (Å²) < 4.78 is 49.8. The summed E-state index contributed by atoms with van der Waals surface area (Å²) in [6, 6.07) is 6.14. The summed E-state index contributed by atoms with van der Waals surface area (Å²) in [6.45, 7) is 3.05. The van der Waals surface area contributed by atoms with Crippen molar-refractivity contribution in [1.82, 2.24) is 0 Å². The molecule has 0 aliphatic rings. The number of esters is 1. The molecule has 26 heavy (non-hydrogen) atoms. The zero-order chi connectivity index (χ0) is 19.4.